The summed E-state index contributed by atoms with van der Waals surface area (Å²) >= 11 is 1.35. The van der Waals surface area contributed by atoms with E-state index in [0.717, 1.165) is 5.13 Å². The number of nitrogens with zero attached hydrogens (tertiary/aromatic N) is 1. The molecule has 3 rings (SSSR count). The number of hydrogen-bond acceptors (Lipinski definition) is 5. The Labute approximate surface area is 110 Å². The molecule has 98 valence electrons. The largest absolute Gasteiger partial charge is 0.382 e. The lowest BCUT2D eigenvalue weighted by Crippen LogP contribution is -2.33. The SMILES string of the molecule is CC(NC(=O)c1sc(NC2CC2)nc1N)C1CC1. The average molecular weight is 266 g/mol. The highest BCUT2D eigenvalue weighted by Gasteiger charge is 2.30. The predicted molar refractivity (Wildman–Crippen MR) is 72.8 cm³/mol. The predicted octanol–water partition coefficient (Wildman–Crippen LogP) is 1.83. The van der Waals surface area contributed by atoms with Gasteiger partial charge in [-0.1, -0.05) is 11.3 Å². The molecule has 0 aliphatic heterocycles. The van der Waals surface area contributed by atoms with Gasteiger partial charge in [0, 0.05) is 12.1 Å². The van der Waals surface area contributed by atoms with Crippen molar-refractivity contribution in [2.24, 2.45) is 5.92 Å². The molecule has 6 heteroatoms. The minimum atomic E-state index is -0.0896. The normalized spacial score (nSPS) is 20.5. The number of nitrogens with one attached hydrogen (secondary N) is 2. The second-order valence-corrected chi connectivity index (χ2v) is 6.25. The molecule has 1 heterocycles. The van der Waals surface area contributed by atoms with Crippen LogP contribution >= 0.6 is 11.3 Å². The molecule has 1 atom stereocenters. The zero-order chi connectivity index (χ0) is 12.7. The van der Waals surface area contributed by atoms with E-state index in [1.54, 1.807) is 0 Å². The van der Waals surface area contributed by atoms with Gasteiger partial charge in [0.1, 0.15) is 10.7 Å². The molecule has 1 amide bonds. The van der Waals surface area contributed by atoms with E-state index >= 15 is 0 Å². The lowest BCUT2D eigenvalue weighted by Gasteiger charge is -2.11. The minimum Gasteiger partial charge on any atom is -0.382 e. The first-order chi connectivity index (χ1) is 8.63. The van der Waals surface area contributed by atoms with Crippen LogP contribution in [-0.2, 0) is 0 Å². The van der Waals surface area contributed by atoms with E-state index in [2.05, 4.69) is 22.5 Å². The van der Waals surface area contributed by atoms with Crippen LogP contribution in [0.4, 0.5) is 10.9 Å². The van der Waals surface area contributed by atoms with Crippen molar-refractivity contribution in [3.05, 3.63) is 4.88 Å². The molecule has 18 heavy (non-hydrogen) atoms. The van der Waals surface area contributed by atoms with Gasteiger partial charge in [-0.2, -0.15) is 0 Å². The third-order valence-corrected chi connectivity index (χ3v) is 4.45. The highest BCUT2D eigenvalue weighted by Crippen LogP contribution is 2.33. The number of carbonyl (C=O) groups is 1. The van der Waals surface area contributed by atoms with Crippen molar-refractivity contribution in [2.75, 3.05) is 11.1 Å². The Morgan fingerprint density at radius 1 is 1.44 bits per heavy atom. The third kappa shape index (κ3) is 2.58. The maximum atomic E-state index is 12.1. The summed E-state index contributed by atoms with van der Waals surface area (Å²) in [5.41, 5.74) is 5.80. The fraction of sp³-hybridized carbons (Fsp3) is 0.667. The molecule has 0 saturated heterocycles. The van der Waals surface area contributed by atoms with Gasteiger partial charge in [0.05, 0.1) is 0 Å². The Hall–Kier alpha value is -1.30. The standard InChI is InChI=1S/C12H18N4OS/c1-6(7-2-3-7)14-11(17)9-10(13)16-12(18-9)15-8-4-5-8/h6-8H,2-5,13H2,1H3,(H,14,17)(H,15,16). The molecule has 4 N–H and O–H groups in total. The van der Waals surface area contributed by atoms with Crippen LogP contribution in [0.1, 0.15) is 42.3 Å². The number of anilines is 2. The molecule has 0 radical (unpaired) electrons. The fourth-order valence-corrected chi connectivity index (χ4v) is 2.81. The van der Waals surface area contributed by atoms with E-state index < -0.39 is 0 Å². The van der Waals surface area contributed by atoms with E-state index in [-0.39, 0.29) is 11.9 Å². The van der Waals surface area contributed by atoms with Crippen LogP contribution in [-0.4, -0.2) is 23.0 Å². The molecule has 1 aromatic heterocycles. The Morgan fingerprint density at radius 2 is 2.17 bits per heavy atom. The summed E-state index contributed by atoms with van der Waals surface area (Å²) in [4.78, 5) is 16.8. The van der Waals surface area contributed by atoms with Crippen LogP contribution in [0.15, 0.2) is 0 Å². The molecule has 5 nitrogen and oxygen atoms in total. The molecular weight excluding hydrogens is 248 g/mol. The zero-order valence-corrected chi connectivity index (χ0v) is 11.2. The van der Waals surface area contributed by atoms with Gasteiger partial charge < -0.3 is 16.4 Å². The van der Waals surface area contributed by atoms with E-state index in [4.69, 9.17) is 5.73 Å². The van der Waals surface area contributed by atoms with Crippen LogP contribution in [0.5, 0.6) is 0 Å². The molecule has 1 unspecified atom stereocenters. The van der Waals surface area contributed by atoms with Crippen LogP contribution < -0.4 is 16.4 Å². The highest BCUT2D eigenvalue weighted by molar-refractivity contribution is 7.18. The van der Waals surface area contributed by atoms with E-state index in [0.29, 0.717) is 22.7 Å². The van der Waals surface area contributed by atoms with Crippen molar-refractivity contribution in [2.45, 2.75) is 44.7 Å². The molecule has 0 aromatic carbocycles. The van der Waals surface area contributed by atoms with Gasteiger partial charge in [-0.05, 0) is 38.5 Å². The Balaban J connectivity index is 1.65. The lowest BCUT2D eigenvalue weighted by atomic mass is 10.2. The zero-order valence-electron chi connectivity index (χ0n) is 10.4. The van der Waals surface area contributed by atoms with Crippen molar-refractivity contribution >= 4 is 28.2 Å². The van der Waals surface area contributed by atoms with Crippen molar-refractivity contribution in [3.63, 3.8) is 0 Å². The van der Waals surface area contributed by atoms with Crippen LogP contribution in [0.25, 0.3) is 0 Å². The van der Waals surface area contributed by atoms with Crippen molar-refractivity contribution in [1.29, 1.82) is 0 Å². The van der Waals surface area contributed by atoms with Crippen LogP contribution in [0.3, 0.4) is 0 Å². The summed E-state index contributed by atoms with van der Waals surface area (Å²) in [7, 11) is 0. The maximum absolute atomic E-state index is 12.1. The Bertz CT molecular complexity index is 465. The summed E-state index contributed by atoms with van der Waals surface area (Å²) in [6.07, 6.45) is 4.79. The summed E-state index contributed by atoms with van der Waals surface area (Å²) in [5, 5.41) is 7.04. The highest BCUT2D eigenvalue weighted by atomic mass is 32.1. The van der Waals surface area contributed by atoms with Crippen molar-refractivity contribution in [1.82, 2.24) is 10.3 Å². The summed E-state index contributed by atoms with van der Waals surface area (Å²) in [6, 6.07) is 0.760. The molecule has 2 aliphatic carbocycles. The molecule has 0 spiro atoms. The number of rotatable bonds is 5. The van der Waals surface area contributed by atoms with Gasteiger partial charge in [-0.3, -0.25) is 4.79 Å². The van der Waals surface area contributed by atoms with Crippen LogP contribution in [0.2, 0.25) is 0 Å². The number of amides is 1. The fourth-order valence-electron chi connectivity index (χ4n) is 1.95. The first-order valence-corrected chi connectivity index (χ1v) is 7.29. The maximum Gasteiger partial charge on any atom is 0.265 e. The van der Waals surface area contributed by atoms with Gasteiger partial charge in [-0.25, -0.2) is 4.98 Å². The second-order valence-electron chi connectivity index (χ2n) is 5.25. The Morgan fingerprint density at radius 3 is 2.78 bits per heavy atom. The summed E-state index contributed by atoms with van der Waals surface area (Å²) < 4.78 is 0. The quantitative estimate of drug-likeness (QED) is 0.759. The first kappa shape index (κ1) is 11.8. The van der Waals surface area contributed by atoms with E-state index in [9.17, 15) is 4.79 Å². The van der Waals surface area contributed by atoms with Gasteiger partial charge in [0.15, 0.2) is 5.13 Å². The van der Waals surface area contributed by atoms with Gasteiger partial charge >= 0.3 is 0 Å². The van der Waals surface area contributed by atoms with Gasteiger partial charge in [0.25, 0.3) is 5.91 Å². The van der Waals surface area contributed by atoms with Gasteiger partial charge in [-0.15, -0.1) is 0 Å². The second kappa shape index (κ2) is 4.42. The lowest BCUT2D eigenvalue weighted by molar-refractivity contribution is 0.0940. The van der Waals surface area contributed by atoms with Crippen molar-refractivity contribution < 1.29 is 4.79 Å². The average Bonchev–Trinajstić information content (AvgIpc) is 3.18. The molecule has 2 saturated carbocycles. The topological polar surface area (TPSA) is 80.0 Å². The molecular formula is C12H18N4OS. The van der Waals surface area contributed by atoms with Gasteiger partial charge in [0.2, 0.25) is 0 Å². The van der Waals surface area contributed by atoms with E-state index in [1.807, 2.05) is 0 Å². The smallest absolute Gasteiger partial charge is 0.265 e. The number of hydrogen-bond donors (Lipinski definition) is 3. The number of nitrogens with two attached hydrogens (primary N) is 1. The molecule has 2 fully saturated rings. The molecule has 2 aliphatic rings. The van der Waals surface area contributed by atoms with Crippen LogP contribution in [0, 0.1) is 5.92 Å². The Kier molecular flexibility index (Phi) is 2.89. The number of aromatic nitrogens is 1. The number of carbonyl (C=O) groups excluding carboxylic acids is 1. The first-order valence-electron chi connectivity index (χ1n) is 6.47. The summed E-state index contributed by atoms with van der Waals surface area (Å²) in [6.45, 7) is 2.05. The van der Waals surface area contributed by atoms with E-state index in [1.165, 1.54) is 37.0 Å². The monoisotopic (exact) mass is 266 g/mol. The number of thiazole rings is 1. The summed E-state index contributed by atoms with van der Waals surface area (Å²) in [5.74, 6) is 0.893. The van der Waals surface area contributed by atoms with Crippen molar-refractivity contribution in [3.8, 4) is 0 Å². The molecule has 1 aromatic rings. The molecule has 0 bridgehead atoms. The third-order valence-electron chi connectivity index (χ3n) is 3.45. The minimum absolute atomic E-state index is 0.0896. The number of nitrogen functional groups attached to an aromatic ring is 1.